The van der Waals surface area contributed by atoms with E-state index in [0.29, 0.717) is 0 Å². The van der Waals surface area contributed by atoms with Crippen LogP contribution in [0.5, 0.6) is 11.5 Å². The summed E-state index contributed by atoms with van der Waals surface area (Å²) in [5, 5.41) is 20.6. The van der Waals surface area contributed by atoms with Crippen LogP contribution in [-0.4, -0.2) is 23.2 Å². The Hall–Kier alpha value is -1.67. The highest BCUT2D eigenvalue weighted by Crippen LogP contribution is 2.55. The lowest BCUT2D eigenvalue weighted by atomic mass is 9.82. The van der Waals surface area contributed by atoms with Crippen molar-refractivity contribution in [2.75, 3.05) is 0 Å². The first-order chi connectivity index (χ1) is 13.5. The maximum absolute atomic E-state index is 13.0. The highest BCUT2D eigenvalue weighted by molar-refractivity contribution is 7.87. The fraction of sp³-hybridized carbons (Fsp3) is 0.0526. The van der Waals surface area contributed by atoms with E-state index in [2.05, 4.69) is 0 Å². The lowest BCUT2D eigenvalue weighted by molar-refractivity contribution is 0.416. The maximum Gasteiger partial charge on any atom is 0.283 e. The van der Waals surface area contributed by atoms with Crippen LogP contribution in [0.3, 0.4) is 0 Å². The standard InChI is InChI=1S/C19H12Cl4O5S/c20-12-7-3-1-5-10(12)19(29(26,27)28,11-6-2-4-8-13(11)21)16-15(24)9-14(22)17(23)18(16)25/h1-9,24-25H,(H,26,27,28). The van der Waals surface area contributed by atoms with Crippen molar-refractivity contribution < 1.29 is 23.2 Å². The largest absolute Gasteiger partial charge is 0.507 e. The summed E-state index contributed by atoms with van der Waals surface area (Å²) in [5.74, 6) is -1.59. The summed E-state index contributed by atoms with van der Waals surface area (Å²) < 4.78 is 33.9. The van der Waals surface area contributed by atoms with Crippen LogP contribution in [0.15, 0.2) is 54.6 Å². The van der Waals surface area contributed by atoms with E-state index in [0.717, 1.165) is 6.07 Å². The van der Waals surface area contributed by atoms with Crippen molar-refractivity contribution in [2.45, 2.75) is 4.75 Å². The minimum atomic E-state index is -5.20. The smallest absolute Gasteiger partial charge is 0.283 e. The average molecular weight is 494 g/mol. The summed E-state index contributed by atoms with van der Waals surface area (Å²) in [5.41, 5.74) is -0.974. The van der Waals surface area contributed by atoms with Crippen LogP contribution in [0.25, 0.3) is 0 Å². The Morgan fingerprint density at radius 3 is 1.62 bits per heavy atom. The van der Waals surface area contributed by atoms with Gasteiger partial charge in [-0.1, -0.05) is 82.8 Å². The van der Waals surface area contributed by atoms with Crippen molar-refractivity contribution >= 4 is 56.5 Å². The first kappa shape index (κ1) is 22.0. The van der Waals surface area contributed by atoms with E-state index in [-0.39, 0.29) is 26.2 Å². The predicted octanol–water partition coefficient (Wildman–Crippen LogP) is 5.89. The Bertz CT molecular complexity index is 1170. The Labute approximate surface area is 186 Å². The van der Waals surface area contributed by atoms with E-state index >= 15 is 0 Å². The van der Waals surface area contributed by atoms with E-state index < -0.39 is 37.0 Å². The van der Waals surface area contributed by atoms with Gasteiger partial charge >= 0.3 is 0 Å². The molecule has 0 aliphatic heterocycles. The van der Waals surface area contributed by atoms with Crippen molar-refractivity contribution in [3.05, 3.63) is 91.4 Å². The third-order valence-corrected chi connectivity index (χ3v) is 7.27. The van der Waals surface area contributed by atoms with E-state index in [9.17, 15) is 23.2 Å². The summed E-state index contributed by atoms with van der Waals surface area (Å²) >= 11 is 24.5. The van der Waals surface area contributed by atoms with Gasteiger partial charge in [0.05, 0.1) is 10.6 Å². The van der Waals surface area contributed by atoms with Crippen LogP contribution in [0.4, 0.5) is 0 Å². The molecule has 0 aliphatic rings. The first-order valence-electron chi connectivity index (χ1n) is 7.91. The molecule has 29 heavy (non-hydrogen) atoms. The molecular formula is C19H12Cl4O5S. The first-order valence-corrected chi connectivity index (χ1v) is 10.9. The van der Waals surface area contributed by atoms with Gasteiger partial charge in [0, 0.05) is 27.2 Å². The lowest BCUT2D eigenvalue weighted by Gasteiger charge is -2.34. The molecule has 0 heterocycles. The zero-order valence-electron chi connectivity index (χ0n) is 14.3. The summed E-state index contributed by atoms with van der Waals surface area (Å²) in [6, 6.07) is 12.4. The Morgan fingerprint density at radius 2 is 1.21 bits per heavy atom. The molecule has 3 aromatic carbocycles. The molecule has 3 aromatic rings. The summed E-state index contributed by atoms with van der Waals surface area (Å²) in [7, 11) is -5.20. The van der Waals surface area contributed by atoms with Gasteiger partial charge in [-0.05, 0) is 12.1 Å². The van der Waals surface area contributed by atoms with Crippen LogP contribution >= 0.6 is 46.4 Å². The fourth-order valence-corrected chi connectivity index (χ4v) is 5.64. The monoisotopic (exact) mass is 492 g/mol. The Kier molecular flexibility index (Phi) is 5.98. The molecule has 0 saturated heterocycles. The molecule has 0 unspecified atom stereocenters. The third kappa shape index (κ3) is 3.44. The van der Waals surface area contributed by atoms with Gasteiger partial charge in [0.1, 0.15) is 16.5 Å². The number of phenols is 2. The zero-order chi connectivity index (χ0) is 21.6. The quantitative estimate of drug-likeness (QED) is 0.311. The minimum Gasteiger partial charge on any atom is -0.507 e. The molecule has 3 N–H and O–H groups in total. The number of aromatic hydroxyl groups is 2. The van der Waals surface area contributed by atoms with Gasteiger partial charge in [-0.3, -0.25) is 4.55 Å². The number of phenolic OH excluding ortho intramolecular Hbond substituents is 2. The molecule has 0 fully saturated rings. The normalized spacial score (nSPS) is 12.2. The molecule has 0 aliphatic carbocycles. The van der Waals surface area contributed by atoms with Gasteiger partial charge in [-0.2, -0.15) is 8.42 Å². The number of halogens is 4. The molecule has 0 aromatic heterocycles. The fourth-order valence-electron chi connectivity index (χ4n) is 3.26. The molecule has 0 amide bonds. The minimum absolute atomic E-state index is 0.0742. The van der Waals surface area contributed by atoms with Crippen LogP contribution in [0.1, 0.15) is 16.7 Å². The Morgan fingerprint density at radius 1 is 0.759 bits per heavy atom. The number of benzene rings is 3. The van der Waals surface area contributed by atoms with E-state index in [4.69, 9.17) is 46.4 Å². The van der Waals surface area contributed by atoms with Gasteiger partial charge < -0.3 is 10.2 Å². The lowest BCUT2D eigenvalue weighted by Crippen LogP contribution is -2.39. The van der Waals surface area contributed by atoms with Gasteiger partial charge in [0.15, 0.2) is 4.75 Å². The number of hydrogen-bond donors (Lipinski definition) is 3. The molecule has 5 nitrogen and oxygen atoms in total. The van der Waals surface area contributed by atoms with Gasteiger partial charge in [0.2, 0.25) is 0 Å². The van der Waals surface area contributed by atoms with Gasteiger partial charge in [-0.15, -0.1) is 0 Å². The molecule has 152 valence electrons. The molecule has 0 saturated carbocycles. The molecule has 3 rings (SSSR count). The number of rotatable bonds is 4. The maximum atomic E-state index is 13.0. The molecule has 0 spiro atoms. The van der Waals surface area contributed by atoms with Crippen molar-refractivity contribution in [3.63, 3.8) is 0 Å². The topological polar surface area (TPSA) is 94.8 Å². The predicted molar refractivity (Wildman–Crippen MR) is 114 cm³/mol. The summed E-state index contributed by atoms with van der Waals surface area (Å²) in [4.78, 5) is 0. The van der Waals surface area contributed by atoms with Crippen molar-refractivity contribution in [3.8, 4) is 11.5 Å². The van der Waals surface area contributed by atoms with Crippen molar-refractivity contribution in [1.82, 2.24) is 0 Å². The molecule has 0 bridgehead atoms. The molecule has 0 radical (unpaired) electrons. The number of hydrogen-bond acceptors (Lipinski definition) is 4. The van der Waals surface area contributed by atoms with Gasteiger partial charge in [0.25, 0.3) is 10.1 Å². The molecular weight excluding hydrogens is 482 g/mol. The van der Waals surface area contributed by atoms with E-state index in [1.54, 1.807) is 12.1 Å². The second kappa shape index (κ2) is 7.87. The summed E-state index contributed by atoms with van der Waals surface area (Å²) in [6.45, 7) is 0. The average Bonchev–Trinajstić information content (AvgIpc) is 2.64. The SMILES string of the molecule is O=S(=O)(O)C(c1ccccc1Cl)(c1ccccc1Cl)c1c(O)cc(Cl)c(Cl)c1O. The van der Waals surface area contributed by atoms with E-state index in [1.807, 2.05) is 0 Å². The van der Waals surface area contributed by atoms with Crippen molar-refractivity contribution in [1.29, 1.82) is 0 Å². The van der Waals surface area contributed by atoms with Crippen LogP contribution < -0.4 is 0 Å². The van der Waals surface area contributed by atoms with Gasteiger partial charge in [-0.25, -0.2) is 0 Å². The second-order valence-corrected chi connectivity index (χ2v) is 9.19. The van der Waals surface area contributed by atoms with Crippen LogP contribution in [0.2, 0.25) is 20.1 Å². The van der Waals surface area contributed by atoms with Crippen LogP contribution in [-0.2, 0) is 14.9 Å². The van der Waals surface area contributed by atoms with Crippen molar-refractivity contribution in [2.24, 2.45) is 0 Å². The van der Waals surface area contributed by atoms with E-state index in [1.165, 1.54) is 36.4 Å². The third-order valence-electron chi connectivity index (χ3n) is 4.42. The molecule has 0 atom stereocenters. The summed E-state index contributed by atoms with van der Waals surface area (Å²) in [6.07, 6.45) is 0. The highest BCUT2D eigenvalue weighted by atomic mass is 35.5. The zero-order valence-corrected chi connectivity index (χ0v) is 18.1. The molecule has 10 heteroatoms. The highest BCUT2D eigenvalue weighted by Gasteiger charge is 2.54. The second-order valence-electron chi connectivity index (χ2n) is 6.03. The Balaban J connectivity index is 2.69. The van der Waals surface area contributed by atoms with Crippen LogP contribution in [0, 0.1) is 0 Å².